The Morgan fingerprint density at radius 1 is 0.833 bits per heavy atom. The van der Waals surface area contributed by atoms with Crippen molar-refractivity contribution in [3.63, 3.8) is 0 Å². The molecule has 5 nitrogen and oxygen atoms in total. The zero-order valence-corrected chi connectivity index (χ0v) is 16.7. The second-order valence-electron chi connectivity index (χ2n) is 7.18. The van der Waals surface area contributed by atoms with Crippen LogP contribution < -0.4 is 11.1 Å². The van der Waals surface area contributed by atoms with Crippen LogP contribution in [-0.4, -0.2) is 29.6 Å². The van der Waals surface area contributed by atoms with Crippen LogP contribution in [0.25, 0.3) is 0 Å². The summed E-state index contributed by atoms with van der Waals surface area (Å²) in [5.74, 6) is -1.49. The second-order valence-corrected chi connectivity index (χ2v) is 7.18. The lowest BCUT2D eigenvalue weighted by atomic mass is 9.84. The predicted octanol–water partition coefficient (Wildman–Crippen LogP) is 3.79. The summed E-state index contributed by atoms with van der Waals surface area (Å²) < 4.78 is 0. The van der Waals surface area contributed by atoms with Gasteiger partial charge in [-0.05, 0) is 48.2 Å². The standard InChI is InChI=1S/C25H26N2O3/c26-16-8-15-22(25(29)30)27-24(28)21-14-7-13-20(17-21)23(18-9-3-1-4-10-18)19-11-5-2-6-12-19/h1-7,9-14,17,22-23H,8,15-16,26H2,(H,27,28)(H,29,30)/t22-/m0/s1. The maximum absolute atomic E-state index is 12.8. The number of carboxylic acid groups (broad SMARTS) is 1. The number of aliphatic carboxylic acids is 1. The summed E-state index contributed by atoms with van der Waals surface area (Å²) in [7, 11) is 0. The van der Waals surface area contributed by atoms with Gasteiger partial charge in [-0.15, -0.1) is 0 Å². The van der Waals surface area contributed by atoms with Gasteiger partial charge in [0.25, 0.3) is 5.91 Å². The minimum absolute atomic E-state index is 0.0346. The Morgan fingerprint density at radius 2 is 1.40 bits per heavy atom. The number of nitrogens with one attached hydrogen (secondary N) is 1. The highest BCUT2D eigenvalue weighted by molar-refractivity contribution is 5.96. The number of hydrogen-bond donors (Lipinski definition) is 3. The summed E-state index contributed by atoms with van der Waals surface area (Å²) in [4.78, 5) is 24.2. The van der Waals surface area contributed by atoms with Gasteiger partial charge in [-0.1, -0.05) is 72.8 Å². The monoisotopic (exact) mass is 402 g/mol. The molecule has 1 amide bonds. The third-order valence-electron chi connectivity index (χ3n) is 5.05. The number of carboxylic acids is 1. The van der Waals surface area contributed by atoms with E-state index in [1.807, 2.05) is 54.6 Å². The van der Waals surface area contributed by atoms with Gasteiger partial charge in [0.2, 0.25) is 0 Å². The molecular formula is C25H26N2O3. The van der Waals surface area contributed by atoms with E-state index in [0.29, 0.717) is 24.9 Å². The highest BCUT2D eigenvalue weighted by Gasteiger charge is 2.22. The third-order valence-corrected chi connectivity index (χ3v) is 5.05. The van der Waals surface area contributed by atoms with Gasteiger partial charge in [0.15, 0.2) is 0 Å². The van der Waals surface area contributed by atoms with E-state index < -0.39 is 17.9 Å². The molecule has 0 aliphatic heterocycles. The van der Waals surface area contributed by atoms with Crippen LogP contribution in [0.4, 0.5) is 0 Å². The zero-order chi connectivity index (χ0) is 21.3. The van der Waals surface area contributed by atoms with Crippen molar-refractivity contribution in [2.75, 3.05) is 6.54 Å². The molecule has 4 N–H and O–H groups in total. The normalized spacial score (nSPS) is 11.8. The minimum Gasteiger partial charge on any atom is -0.480 e. The summed E-state index contributed by atoms with van der Waals surface area (Å²) in [6, 6.07) is 26.6. The van der Waals surface area contributed by atoms with E-state index in [2.05, 4.69) is 29.6 Å². The van der Waals surface area contributed by atoms with Gasteiger partial charge in [-0.3, -0.25) is 4.79 Å². The van der Waals surface area contributed by atoms with Gasteiger partial charge < -0.3 is 16.2 Å². The van der Waals surface area contributed by atoms with Crippen LogP contribution in [0.2, 0.25) is 0 Å². The first-order valence-electron chi connectivity index (χ1n) is 10.0. The first-order chi connectivity index (χ1) is 14.6. The molecule has 0 aliphatic carbocycles. The molecule has 30 heavy (non-hydrogen) atoms. The van der Waals surface area contributed by atoms with Crippen LogP contribution in [0, 0.1) is 0 Å². The lowest BCUT2D eigenvalue weighted by Gasteiger charge is -2.20. The van der Waals surface area contributed by atoms with Crippen molar-refractivity contribution in [2.45, 2.75) is 24.8 Å². The molecule has 0 bridgehead atoms. The number of rotatable bonds is 9. The number of nitrogens with two attached hydrogens (primary N) is 1. The van der Waals surface area contributed by atoms with Crippen molar-refractivity contribution < 1.29 is 14.7 Å². The Bertz CT molecular complexity index is 934. The fraction of sp³-hybridized carbons (Fsp3) is 0.200. The van der Waals surface area contributed by atoms with Crippen molar-refractivity contribution in [3.05, 3.63) is 107 Å². The molecule has 0 heterocycles. The summed E-state index contributed by atoms with van der Waals surface area (Å²) >= 11 is 0. The molecule has 5 heteroatoms. The van der Waals surface area contributed by atoms with Gasteiger partial charge in [0, 0.05) is 11.5 Å². The average Bonchev–Trinajstić information content (AvgIpc) is 2.78. The molecule has 3 aromatic rings. The molecule has 0 saturated carbocycles. The smallest absolute Gasteiger partial charge is 0.326 e. The molecule has 0 fully saturated rings. The van der Waals surface area contributed by atoms with Gasteiger partial charge >= 0.3 is 5.97 Å². The van der Waals surface area contributed by atoms with Crippen molar-refractivity contribution in [1.29, 1.82) is 0 Å². The Hall–Kier alpha value is -3.44. The number of hydrogen-bond acceptors (Lipinski definition) is 3. The van der Waals surface area contributed by atoms with E-state index in [4.69, 9.17) is 5.73 Å². The highest BCUT2D eigenvalue weighted by atomic mass is 16.4. The summed E-state index contributed by atoms with van der Waals surface area (Å²) in [6.45, 7) is 0.380. The predicted molar refractivity (Wildman–Crippen MR) is 117 cm³/mol. The molecule has 0 aliphatic rings. The molecule has 3 aromatic carbocycles. The Morgan fingerprint density at radius 3 is 1.93 bits per heavy atom. The topological polar surface area (TPSA) is 92.4 Å². The van der Waals surface area contributed by atoms with Crippen LogP contribution in [0.3, 0.4) is 0 Å². The SMILES string of the molecule is NCCC[C@H](NC(=O)c1cccc(C(c2ccccc2)c2ccccc2)c1)C(=O)O. The largest absolute Gasteiger partial charge is 0.480 e. The van der Waals surface area contributed by atoms with Gasteiger partial charge in [0.05, 0.1) is 0 Å². The second kappa shape index (κ2) is 10.4. The summed E-state index contributed by atoms with van der Waals surface area (Å²) in [6.07, 6.45) is 0.829. The van der Waals surface area contributed by atoms with Crippen LogP contribution in [0.5, 0.6) is 0 Å². The first kappa shape index (κ1) is 21.3. The molecule has 154 valence electrons. The maximum atomic E-state index is 12.8. The number of benzene rings is 3. The lowest BCUT2D eigenvalue weighted by molar-refractivity contribution is -0.139. The fourth-order valence-corrected chi connectivity index (χ4v) is 3.55. The Balaban J connectivity index is 1.92. The Kier molecular flexibility index (Phi) is 7.35. The number of amides is 1. The molecule has 3 rings (SSSR count). The number of carbonyl (C=O) groups is 2. The van der Waals surface area contributed by atoms with Crippen molar-refractivity contribution in [1.82, 2.24) is 5.32 Å². The van der Waals surface area contributed by atoms with Crippen LogP contribution in [0.15, 0.2) is 84.9 Å². The van der Waals surface area contributed by atoms with Gasteiger partial charge in [-0.25, -0.2) is 4.79 Å². The van der Waals surface area contributed by atoms with E-state index >= 15 is 0 Å². The molecule has 1 atom stereocenters. The maximum Gasteiger partial charge on any atom is 0.326 e. The molecule has 0 aromatic heterocycles. The average molecular weight is 402 g/mol. The van der Waals surface area contributed by atoms with Crippen molar-refractivity contribution in [3.8, 4) is 0 Å². The zero-order valence-electron chi connectivity index (χ0n) is 16.7. The van der Waals surface area contributed by atoms with E-state index in [9.17, 15) is 14.7 Å². The molecule has 0 spiro atoms. The third kappa shape index (κ3) is 5.33. The number of carbonyl (C=O) groups excluding carboxylic acids is 1. The van der Waals surface area contributed by atoms with Gasteiger partial charge in [-0.2, -0.15) is 0 Å². The molecular weight excluding hydrogens is 376 g/mol. The van der Waals surface area contributed by atoms with Crippen molar-refractivity contribution in [2.24, 2.45) is 5.73 Å². The minimum atomic E-state index is -1.06. The molecule has 0 radical (unpaired) electrons. The van der Waals surface area contributed by atoms with Gasteiger partial charge in [0.1, 0.15) is 6.04 Å². The molecule has 0 unspecified atom stereocenters. The van der Waals surface area contributed by atoms with Crippen LogP contribution >= 0.6 is 0 Å². The first-order valence-corrected chi connectivity index (χ1v) is 10.0. The van der Waals surface area contributed by atoms with E-state index in [1.165, 1.54) is 0 Å². The quantitative estimate of drug-likeness (QED) is 0.475. The van der Waals surface area contributed by atoms with Crippen LogP contribution in [-0.2, 0) is 4.79 Å². The van der Waals surface area contributed by atoms with Crippen molar-refractivity contribution >= 4 is 11.9 Å². The highest BCUT2D eigenvalue weighted by Crippen LogP contribution is 2.32. The van der Waals surface area contributed by atoms with Crippen LogP contribution in [0.1, 0.15) is 45.8 Å². The fourth-order valence-electron chi connectivity index (χ4n) is 3.55. The lowest BCUT2D eigenvalue weighted by Crippen LogP contribution is -2.41. The van der Waals surface area contributed by atoms with E-state index in [-0.39, 0.29) is 5.92 Å². The molecule has 0 saturated heterocycles. The summed E-state index contributed by atoms with van der Waals surface area (Å²) in [5.41, 5.74) is 9.11. The van der Waals surface area contributed by atoms with E-state index in [0.717, 1.165) is 16.7 Å². The van der Waals surface area contributed by atoms with E-state index in [1.54, 1.807) is 6.07 Å². The Labute approximate surface area is 176 Å². The summed E-state index contributed by atoms with van der Waals surface area (Å²) in [5, 5.41) is 12.0.